The van der Waals surface area contributed by atoms with Gasteiger partial charge in [0.2, 0.25) is 5.91 Å². The highest BCUT2D eigenvalue weighted by Crippen LogP contribution is 2.42. The summed E-state index contributed by atoms with van der Waals surface area (Å²) in [6, 6.07) is 11.8. The van der Waals surface area contributed by atoms with Crippen LogP contribution in [0.5, 0.6) is 11.5 Å². The SMILES string of the molecule is O=C(Nc1ccc2c(c1)OCCO2)C1(c2cccc(F)c2)CCCC1. The van der Waals surface area contributed by atoms with Gasteiger partial charge < -0.3 is 14.8 Å². The summed E-state index contributed by atoms with van der Waals surface area (Å²) in [4.78, 5) is 13.1. The van der Waals surface area contributed by atoms with Crippen molar-refractivity contribution in [3.8, 4) is 11.5 Å². The number of benzene rings is 2. The maximum absolute atomic E-state index is 13.7. The fraction of sp³-hybridized carbons (Fsp3) is 0.350. The first-order chi connectivity index (χ1) is 12.2. The fourth-order valence-electron chi connectivity index (χ4n) is 3.78. The van der Waals surface area contributed by atoms with Gasteiger partial charge in [0.25, 0.3) is 0 Å². The van der Waals surface area contributed by atoms with E-state index in [1.54, 1.807) is 24.3 Å². The molecule has 0 atom stereocenters. The molecule has 1 N–H and O–H groups in total. The third kappa shape index (κ3) is 2.95. The summed E-state index contributed by atoms with van der Waals surface area (Å²) >= 11 is 0. The van der Waals surface area contributed by atoms with E-state index in [-0.39, 0.29) is 11.7 Å². The molecule has 5 heteroatoms. The average molecular weight is 341 g/mol. The zero-order valence-corrected chi connectivity index (χ0v) is 13.9. The zero-order valence-electron chi connectivity index (χ0n) is 13.9. The number of anilines is 1. The van der Waals surface area contributed by atoms with Gasteiger partial charge in [0.15, 0.2) is 11.5 Å². The summed E-state index contributed by atoms with van der Waals surface area (Å²) in [6.45, 7) is 1.03. The molecule has 0 radical (unpaired) electrons. The van der Waals surface area contributed by atoms with Crippen molar-refractivity contribution in [1.82, 2.24) is 0 Å². The van der Waals surface area contributed by atoms with Crippen molar-refractivity contribution < 1.29 is 18.7 Å². The molecule has 0 spiro atoms. The Morgan fingerprint density at radius 2 is 1.76 bits per heavy atom. The van der Waals surface area contributed by atoms with Gasteiger partial charge in [-0.15, -0.1) is 0 Å². The quantitative estimate of drug-likeness (QED) is 0.916. The molecule has 2 aliphatic rings. The van der Waals surface area contributed by atoms with Gasteiger partial charge in [-0.25, -0.2) is 4.39 Å². The van der Waals surface area contributed by atoms with Crippen LogP contribution in [0.15, 0.2) is 42.5 Å². The second-order valence-electron chi connectivity index (χ2n) is 6.61. The number of rotatable bonds is 3. The molecule has 2 aromatic rings. The first-order valence-electron chi connectivity index (χ1n) is 8.65. The summed E-state index contributed by atoms with van der Waals surface area (Å²) in [5, 5.41) is 3.00. The van der Waals surface area contributed by atoms with Crippen molar-refractivity contribution in [2.24, 2.45) is 0 Å². The van der Waals surface area contributed by atoms with Crippen molar-refractivity contribution in [2.75, 3.05) is 18.5 Å². The summed E-state index contributed by atoms with van der Waals surface area (Å²) in [6.07, 6.45) is 3.38. The van der Waals surface area contributed by atoms with Crippen molar-refractivity contribution in [3.63, 3.8) is 0 Å². The van der Waals surface area contributed by atoms with Crippen LogP contribution in [0.3, 0.4) is 0 Å². The zero-order chi connectivity index (χ0) is 17.3. The Kier molecular flexibility index (Phi) is 4.07. The van der Waals surface area contributed by atoms with Crippen LogP contribution in [0.1, 0.15) is 31.2 Å². The number of halogens is 1. The molecule has 0 unspecified atom stereocenters. The van der Waals surface area contributed by atoms with Crippen LogP contribution >= 0.6 is 0 Å². The van der Waals surface area contributed by atoms with Gasteiger partial charge in [-0.05, 0) is 42.7 Å². The van der Waals surface area contributed by atoms with Crippen LogP contribution in [-0.4, -0.2) is 19.1 Å². The van der Waals surface area contributed by atoms with Gasteiger partial charge in [-0.2, -0.15) is 0 Å². The predicted octanol–water partition coefficient (Wildman–Crippen LogP) is 4.05. The summed E-state index contributed by atoms with van der Waals surface area (Å²) in [5.74, 6) is 0.920. The molecule has 0 saturated heterocycles. The summed E-state index contributed by atoms with van der Waals surface area (Å²) in [7, 11) is 0. The van der Waals surface area contributed by atoms with Crippen molar-refractivity contribution in [2.45, 2.75) is 31.1 Å². The normalized spacial score (nSPS) is 18.0. The van der Waals surface area contributed by atoms with Crippen LogP contribution < -0.4 is 14.8 Å². The summed E-state index contributed by atoms with van der Waals surface area (Å²) < 4.78 is 24.8. The van der Waals surface area contributed by atoms with Crippen LogP contribution in [0.25, 0.3) is 0 Å². The van der Waals surface area contributed by atoms with E-state index < -0.39 is 5.41 Å². The second-order valence-corrected chi connectivity index (χ2v) is 6.61. The number of carbonyl (C=O) groups is 1. The van der Waals surface area contributed by atoms with Crippen molar-refractivity contribution >= 4 is 11.6 Å². The lowest BCUT2D eigenvalue weighted by atomic mass is 9.78. The van der Waals surface area contributed by atoms with Crippen LogP contribution in [0.4, 0.5) is 10.1 Å². The number of amides is 1. The number of nitrogens with one attached hydrogen (secondary N) is 1. The van der Waals surface area contributed by atoms with E-state index in [4.69, 9.17) is 9.47 Å². The topological polar surface area (TPSA) is 47.6 Å². The third-order valence-electron chi connectivity index (χ3n) is 5.07. The Morgan fingerprint density at radius 3 is 2.52 bits per heavy atom. The Bertz CT molecular complexity index is 799. The van der Waals surface area contributed by atoms with Gasteiger partial charge in [0.1, 0.15) is 19.0 Å². The number of ether oxygens (including phenoxy) is 2. The predicted molar refractivity (Wildman–Crippen MR) is 92.6 cm³/mol. The number of hydrogen-bond donors (Lipinski definition) is 1. The molecule has 4 rings (SSSR count). The van der Waals surface area contributed by atoms with Gasteiger partial charge in [0.05, 0.1) is 5.41 Å². The van der Waals surface area contributed by atoms with Crippen molar-refractivity contribution in [3.05, 3.63) is 53.8 Å². The largest absolute Gasteiger partial charge is 0.486 e. The molecule has 1 amide bonds. The molecule has 1 saturated carbocycles. The van der Waals surface area contributed by atoms with E-state index in [1.165, 1.54) is 12.1 Å². The lowest BCUT2D eigenvalue weighted by Crippen LogP contribution is -2.38. The minimum absolute atomic E-state index is 0.0905. The molecule has 25 heavy (non-hydrogen) atoms. The monoisotopic (exact) mass is 341 g/mol. The Balaban J connectivity index is 1.62. The highest BCUT2D eigenvalue weighted by atomic mass is 19.1. The maximum atomic E-state index is 13.7. The molecule has 0 bridgehead atoms. The minimum Gasteiger partial charge on any atom is -0.486 e. The fourth-order valence-corrected chi connectivity index (χ4v) is 3.78. The highest BCUT2D eigenvalue weighted by molar-refractivity contribution is 5.99. The standard InChI is InChI=1S/C20H20FNO3/c21-15-5-3-4-14(12-15)20(8-1-2-9-20)19(23)22-16-6-7-17-18(13-16)25-11-10-24-17/h3-7,12-13H,1-2,8-11H2,(H,22,23). The molecular weight excluding hydrogens is 321 g/mol. The molecule has 1 heterocycles. The van der Waals surface area contributed by atoms with E-state index >= 15 is 0 Å². The smallest absolute Gasteiger partial charge is 0.235 e. The Labute approximate surface area is 146 Å². The molecule has 130 valence electrons. The van der Waals surface area contributed by atoms with Crippen LogP contribution in [0, 0.1) is 5.82 Å². The first kappa shape index (κ1) is 15.9. The lowest BCUT2D eigenvalue weighted by molar-refractivity contribution is -0.121. The number of carbonyl (C=O) groups excluding carboxylic acids is 1. The van der Waals surface area contributed by atoms with Gasteiger partial charge >= 0.3 is 0 Å². The molecule has 1 aliphatic heterocycles. The number of fused-ring (bicyclic) bond motifs is 1. The van der Waals surface area contributed by atoms with Gasteiger partial charge in [-0.1, -0.05) is 25.0 Å². The van der Waals surface area contributed by atoms with E-state index in [2.05, 4.69) is 5.32 Å². The second kappa shape index (κ2) is 6.39. The summed E-state index contributed by atoms with van der Waals surface area (Å²) in [5.41, 5.74) is 0.743. The molecule has 2 aromatic carbocycles. The molecule has 1 aliphatic carbocycles. The molecule has 1 fully saturated rings. The average Bonchev–Trinajstić information content (AvgIpc) is 3.13. The molecule has 4 nitrogen and oxygen atoms in total. The highest BCUT2D eigenvalue weighted by Gasteiger charge is 2.43. The molecular formula is C20H20FNO3. The first-order valence-corrected chi connectivity index (χ1v) is 8.65. The van der Waals surface area contributed by atoms with Gasteiger partial charge in [0, 0.05) is 11.8 Å². The van der Waals surface area contributed by atoms with Crippen LogP contribution in [0.2, 0.25) is 0 Å². The van der Waals surface area contributed by atoms with Gasteiger partial charge in [-0.3, -0.25) is 4.79 Å². The minimum atomic E-state index is -0.671. The van der Waals surface area contributed by atoms with E-state index in [0.29, 0.717) is 30.4 Å². The maximum Gasteiger partial charge on any atom is 0.235 e. The van der Waals surface area contributed by atoms with Crippen LogP contribution in [-0.2, 0) is 10.2 Å². The van der Waals surface area contributed by atoms with E-state index in [9.17, 15) is 9.18 Å². The third-order valence-corrected chi connectivity index (χ3v) is 5.07. The molecule has 0 aromatic heterocycles. The van der Waals surface area contributed by atoms with E-state index in [0.717, 1.165) is 31.2 Å². The van der Waals surface area contributed by atoms with Crippen molar-refractivity contribution in [1.29, 1.82) is 0 Å². The lowest BCUT2D eigenvalue weighted by Gasteiger charge is -2.28. The Morgan fingerprint density at radius 1 is 1.00 bits per heavy atom. The number of hydrogen-bond acceptors (Lipinski definition) is 3. The van der Waals surface area contributed by atoms with E-state index in [1.807, 2.05) is 6.07 Å². The Hall–Kier alpha value is -2.56.